The highest BCUT2D eigenvalue weighted by molar-refractivity contribution is 6.11. The lowest BCUT2D eigenvalue weighted by Gasteiger charge is -2.18. The Morgan fingerprint density at radius 1 is 1.08 bits per heavy atom. The van der Waals surface area contributed by atoms with Crippen LogP contribution in [0.4, 0.5) is 11.4 Å². The molecule has 3 rings (SSSR count). The monoisotopic (exact) mass is 325 g/mol. The third-order valence-electron chi connectivity index (χ3n) is 3.97. The molecule has 1 heterocycles. The highest BCUT2D eigenvalue weighted by Crippen LogP contribution is 2.35. The topological polar surface area (TPSA) is 96.7 Å². The predicted octanol–water partition coefficient (Wildman–Crippen LogP) is 4.82. The Kier molecular flexibility index (Phi) is 5.10. The molecule has 2 aromatic rings. The van der Waals surface area contributed by atoms with Gasteiger partial charge in [-0.25, -0.2) is 0 Å². The van der Waals surface area contributed by atoms with E-state index < -0.39 is 0 Å². The minimum absolute atomic E-state index is 0.499. The fourth-order valence-corrected chi connectivity index (χ4v) is 2.78. The summed E-state index contributed by atoms with van der Waals surface area (Å²) in [6, 6.07) is 12.8. The number of unbranched alkanes of at least 4 members (excludes halogenated alkanes) is 3. The fourth-order valence-electron chi connectivity index (χ4n) is 2.78. The van der Waals surface area contributed by atoms with Crippen LogP contribution in [-0.2, 0) is 4.74 Å². The number of rotatable bonds is 8. The lowest BCUT2D eigenvalue weighted by Crippen LogP contribution is -2.19. The van der Waals surface area contributed by atoms with Crippen LogP contribution in [0.5, 0.6) is 0 Å². The Balaban J connectivity index is 1.47. The first-order chi connectivity index (χ1) is 11.8. The second-order valence-corrected chi connectivity index (χ2v) is 5.71. The molecule has 2 aromatic carbocycles. The Morgan fingerprint density at radius 3 is 2.71 bits per heavy atom. The van der Waals surface area contributed by atoms with E-state index in [-0.39, 0.29) is 0 Å². The van der Waals surface area contributed by atoms with Crippen molar-refractivity contribution in [3.05, 3.63) is 36.4 Å². The molecule has 0 saturated carbocycles. The summed E-state index contributed by atoms with van der Waals surface area (Å²) >= 11 is 0. The van der Waals surface area contributed by atoms with Gasteiger partial charge in [-0.15, -0.1) is 5.53 Å². The number of nitrogens with one attached hydrogen (secondary N) is 3. The van der Waals surface area contributed by atoms with E-state index >= 15 is 0 Å². The van der Waals surface area contributed by atoms with Crippen molar-refractivity contribution in [3.63, 3.8) is 0 Å². The number of ether oxygens (including phenoxy) is 1. The van der Waals surface area contributed by atoms with Crippen LogP contribution in [0.15, 0.2) is 46.6 Å². The van der Waals surface area contributed by atoms with Gasteiger partial charge in [-0.1, -0.05) is 24.3 Å². The number of benzene rings is 2. The number of hydrogen-bond acceptors (Lipinski definition) is 5. The zero-order chi connectivity index (χ0) is 16.8. The van der Waals surface area contributed by atoms with Gasteiger partial charge in [0.05, 0.1) is 18.0 Å². The van der Waals surface area contributed by atoms with E-state index in [1.807, 2.05) is 24.3 Å². The molecule has 0 atom stereocenters. The maximum atomic E-state index is 7.21. The lowest BCUT2D eigenvalue weighted by atomic mass is 10.1. The smallest absolute Gasteiger partial charge is 0.294 e. The molecule has 0 fully saturated rings. The molecule has 1 aliphatic rings. The summed E-state index contributed by atoms with van der Waals surface area (Å²) in [6.45, 7) is 1.11. The van der Waals surface area contributed by atoms with E-state index in [1.165, 1.54) is 5.39 Å². The maximum absolute atomic E-state index is 7.21. The number of hydrogen-bond donors (Lipinski definition) is 3. The summed E-state index contributed by atoms with van der Waals surface area (Å²) in [4.78, 5) is 5.45. The fraction of sp³-hybridized carbons (Fsp3) is 0.353. The van der Waals surface area contributed by atoms with Gasteiger partial charge >= 0.3 is 0 Å². The molecule has 0 aliphatic carbocycles. The van der Waals surface area contributed by atoms with Crippen molar-refractivity contribution in [2.75, 3.05) is 18.5 Å². The lowest BCUT2D eigenvalue weighted by molar-refractivity contribution is -0.630. The number of nitrogens with zero attached hydrogens (tertiary/aromatic N) is 3. The van der Waals surface area contributed by atoms with Crippen molar-refractivity contribution in [2.45, 2.75) is 25.7 Å². The van der Waals surface area contributed by atoms with Crippen LogP contribution in [0, 0.1) is 11.1 Å². The summed E-state index contributed by atoms with van der Waals surface area (Å²) in [5, 5.41) is 8.57. The van der Waals surface area contributed by atoms with Gasteiger partial charge in [0, 0.05) is 10.9 Å². The van der Waals surface area contributed by atoms with E-state index in [1.54, 1.807) is 0 Å². The number of aliphatic imine (C=N–C) groups is 1. The van der Waals surface area contributed by atoms with Crippen molar-refractivity contribution < 1.29 is 9.54 Å². The van der Waals surface area contributed by atoms with Crippen molar-refractivity contribution >= 4 is 28.2 Å². The summed E-state index contributed by atoms with van der Waals surface area (Å²) < 4.78 is 5.76. The third kappa shape index (κ3) is 3.73. The van der Waals surface area contributed by atoms with Gasteiger partial charge in [0.2, 0.25) is 0 Å². The molecular weight excluding hydrogens is 304 g/mol. The van der Waals surface area contributed by atoms with Gasteiger partial charge in [-0.3, -0.25) is 0 Å². The first-order valence-corrected chi connectivity index (χ1v) is 8.14. The maximum Gasteiger partial charge on any atom is 0.294 e. The molecule has 7 heteroatoms. The highest BCUT2D eigenvalue weighted by atomic mass is 16.5. The Morgan fingerprint density at radius 2 is 1.88 bits per heavy atom. The van der Waals surface area contributed by atoms with E-state index in [4.69, 9.17) is 15.8 Å². The third-order valence-corrected chi connectivity index (χ3v) is 3.97. The van der Waals surface area contributed by atoms with Gasteiger partial charge in [0.15, 0.2) is 5.22 Å². The second kappa shape index (κ2) is 7.63. The molecule has 0 saturated heterocycles. The molecule has 0 bridgehead atoms. The number of amidine groups is 1. The normalized spacial score (nSPS) is 12.4. The van der Waals surface area contributed by atoms with E-state index in [2.05, 4.69) is 27.7 Å². The van der Waals surface area contributed by atoms with Gasteiger partial charge in [0.1, 0.15) is 6.54 Å². The molecule has 7 nitrogen and oxygen atoms in total. The molecule has 0 radical (unpaired) electrons. The van der Waals surface area contributed by atoms with Crippen LogP contribution < -0.4 is 5.32 Å². The highest BCUT2D eigenvalue weighted by Gasteiger charge is 2.14. The van der Waals surface area contributed by atoms with Gasteiger partial charge in [-0.05, 0) is 48.0 Å². The molecule has 0 spiro atoms. The first kappa shape index (κ1) is 16.0. The largest absolute Gasteiger partial charge is 0.465 e. The summed E-state index contributed by atoms with van der Waals surface area (Å²) in [5.41, 5.74) is 15.9. The van der Waals surface area contributed by atoms with Crippen molar-refractivity contribution in [1.29, 1.82) is 11.1 Å². The van der Waals surface area contributed by atoms with Gasteiger partial charge in [0.25, 0.3) is 6.02 Å². The molecule has 124 valence electrons. The van der Waals surface area contributed by atoms with Crippen LogP contribution >= 0.6 is 0 Å². The van der Waals surface area contributed by atoms with Crippen LogP contribution in [0.2, 0.25) is 0 Å². The van der Waals surface area contributed by atoms with Crippen molar-refractivity contribution in [3.8, 4) is 0 Å². The minimum atomic E-state index is 0.499. The SMILES string of the molecule is N=N[N+](=N)CCCCCCOC1=Nc2cccc3cccc(c23)N1. The summed E-state index contributed by atoms with van der Waals surface area (Å²) in [5.74, 6) is 0. The molecule has 1 aliphatic heterocycles. The summed E-state index contributed by atoms with van der Waals surface area (Å²) in [6.07, 6.45) is 3.81. The first-order valence-electron chi connectivity index (χ1n) is 8.14. The number of anilines is 1. The van der Waals surface area contributed by atoms with E-state index in [9.17, 15) is 0 Å². The molecule has 0 unspecified atom stereocenters. The van der Waals surface area contributed by atoms with Crippen LogP contribution in [-0.4, -0.2) is 24.0 Å². The van der Waals surface area contributed by atoms with E-state index in [0.717, 1.165) is 47.3 Å². The Bertz CT molecular complexity index is 780. The Hall–Kier alpha value is -2.83. The zero-order valence-electron chi connectivity index (χ0n) is 13.5. The standard InChI is InChI=1S/C17H21N6O/c18-22-23(19)11-3-1-2-4-12-24-17-20-14-9-5-7-13-8-6-10-15(21-17)16(13)14/h5-10,18-19H,1-4,11-12H2,(H,20,21)/q+1. The molecule has 0 aromatic heterocycles. The van der Waals surface area contributed by atoms with Gasteiger partial charge in [-0.2, -0.15) is 4.99 Å². The average Bonchev–Trinajstić information content (AvgIpc) is 2.61. The van der Waals surface area contributed by atoms with Crippen LogP contribution in [0.1, 0.15) is 25.7 Å². The Labute approximate surface area is 140 Å². The zero-order valence-corrected chi connectivity index (χ0v) is 13.5. The quantitative estimate of drug-likeness (QED) is 0.281. The average molecular weight is 325 g/mol. The van der Waals surface area contributed by atoms with Gasteiger partial charge < -0.3 is 10.1 Å². The minimum Gasteiger partial charge on any atom is -0.465 e. The molecule has 0 amide bonds. The molecular formula is C17H21N6O+. The van der Waals surface area contributed by atoms with Crippen molar-refractivity contribution in [2.24, 2.45) is 10.2 Å². The van der Waals surface area contributed by atoms with E-state index in [0.29, 0.717) is 19.2 Å². The van der Waals surface area contributed by atoms with Crippen LogP contribution in [0.3, 0.4) is 0 Å². The molecule has 3 N–H and O–H groups in total. The summed E-state index contributed by atoms with van der Waals surface area (Å²) in [7, 11) is 0. The predicted molar refractivity (Wildman–Crippen MR) is 92.1 cm³/mol. The van der Waals surface area contributed by atoms with Crippen molar-refractivity contribution in [1.82, 2.24) is 0 Å². The second-order valence-electron chi connectivity index (χ2n) is 5.71. The van der Waals surface area contributed by atoms with Crippen LogP contribution in [0.25, 0.3) is 10.8 Å². The molecule has 24 heavy (non-hydrogen) atoms.